The molecule has 0 amide bonds. The predicted octanol–water partition coefficient (Wildman–Crippen LogP) is 9.16. The second-order valence-corrected chi connectivity index (χ2v) is 13.4. The topological polar surface area (TPSA) is 85.3 Å². The minimum atomic E-state index is -4.23. The van der Waals surface area contributed by atoms with Crippen molar-refractivity contribution in [2.75, 3.05) is 33.9 Å². The van der Waals surface area contributed by atoms with Crippen LogP contribution in [0.4, 0.5) is 0 Å². The summed E-state index contributed by atoms with van der Waals surface area (Å²) in [6, 6.07) is 7.94. The summed E-state index contributed by atoms with van der Waals surface area (Å²) < 4.78 is 29.4. The van der Waals surface area contributed by atoms with Crippen LogP contribution in [0.1, 0.15) is 129 Å². The van der Waals surface area contributed by atoms with E-state index >= 15 is 0 Å². The summed E-state index contributed by atoms with van der Waals surface area (Å²) in [7, 11) is -0.319. The fourth-order valence-electron chi connectivity index (χ4n) is 5.00. The van der Waals surface area contributed by atoms with Crippen LogP contribution >= 0.6 is 7.82 Å². The van der Waals surface area contributed by atoms with Crippen LogP contribution in [0.5, 0.6) is 5.75 Å². The molecule has 0 aromatic heterocycles. The quantitative estimate of drug-likeness (QED) is 0.0747. The first-order valence-electron chi connectivity index (χ1n) is 16.7. The van der Waals surface area contributed by atoms with Crippen molar-refractivity contribution in [2.24, 2.45) is 5.92 Å². The van der Waals surface area contributed by atoms with E-state index in [4.69, 9.17) is 13.8 Å². The van der Waals surface area contributed by atoms with Crippen molar-refractivity contribution in [3.63, 3.8) is 0 Å². The molecule has 7 nitrogen and oxygen atoms in total. The smallest absolute Gasteiger partial charge is 0.472 e. The van der Waals surface area contributed by atoms with Crippen LogP contribution in [0.15, 0.2) is 24.3 Å². The molecule has 0 radical (unpaired) electrons. The van der Waals surface area contributed by atoms with Gasteiger partial charge in [-0.15, -0.1) is 0 Å². The second-order valence-electron chi connectivity index (χ2n) is 12.0. The monoisotopic (exact) mass is 611 g/mol. The van der Waals surface area contributed by atoms with Gasteiger partial charge in [0.2, 0.25) is 0 Å². The van der Waals surface area contributed by atoms with E-state index in [-0.39, 0.29) is 24.4 Å². The average molecular weight is 612 g/mol. The molecular weight excluding hydrogens is 549 g/mol. The molecule has 3 atom stereocenters. The molecule has 1 rings (SSSR count). The number of hydrogen-bond acceptors (Lipinski definition) is 6. The SMILES string of the molecule is CCCCCCCCCCCCCCOc1ccc(CC(COP(=O)(O)OC(CC)CCN(C)C)CC(=O)CC)cc1. The number of nitrogens with zero attached hydrogens (tertiary/aromatic N) is 1. The summed E-state index contributed by atoms with van der Waals surface area (Å²) in [6.45, 7) is 7.49. The van der Waals surface area contributed by atoms with Crippen molar-refractivity contribution in [2.45, 2.75) is 136 Å². The second kappa shape index (κ2) is 24.1. The van der Waals surface area contributed by atoms with Gasteiger partial charge in [0.1, 0.15) is 11.5 Å². The van der Waals surface area contributed by atoms with E-state index < -0.39 is 7.82 Å². The zero-order valence-corrected chi connectivity index (χ0v) is 28.4. The van der Waals surface area contributed by atoms with Crippen LogP contribution in [0.2, 0.25) is 0 Å². The maximum Gasteiger partial charge on any atom is 0.472 e. The molecule has 0 heterocycles. The zero-order chi connectivity index (χ0) is 31.1. The zero-order valence-electron chi connectivity index (χ0n) is 27.5. The van der Waals surface area contributed by atoms with Crippen LogP contribution in [-0.2, 0) is 24.8 Å². The molecular formula is C34H62NO6P. The van der Waals surface area contributed by atoms with Gasteiger partial charge in [0.15, 0.2) is 0 Å². The van der Waals surface area contributed by atoms with Gasteiger partial charge in [-0.25, -0.2) is 4.57 Å². The van der Waals surface area contributed by atoms with Crippen LogP contribution in [0.25, 0.3) is 0 Å². The van der Waals surface area contributed by atoms with Gasteiger partial charge in [-0.1, -0.05) is 104 Å². The average Bonchev–Trinajstić information content (AvgIpc) is 2.97. The van der Waals surface area contributed by atoms with E-state index in [0.717, 1.165) is 30.9 Å². The largest absolute Gasteiger partial charge is 0.494 e. The molecule has 0 saturated heterocycles. The van der Waals surface area contributed by atoms with Crippen molar-refractivity contribution in [3.05, 3.63) is 29.8 Å². The first-order chi connectivity index (χ1) is 20.2. The molecule has 0 bridgehead atoms. The summed E-state index contributed by atoms with van der Waals surface area (Å²) in [5.74, 6) is 0.740. The standard InChI is InChI=1S/C34H62NO6P/c1-6-9-10-11-12-13-14-15-16-17-18-19-26-39-34-22-20-30(21-23-34)27-31(28-32(36)7-2)29-40-42(37,38)41-33(8-3)24-25-35(4)5/h20-23,31,33H,6-19,24-29H2,1-5H3,(H,37,38). The lowest BCUT2D eigenvalue weighted by molar-refractivity contribution is -0.120. The minimum absolute atomic E-state index is 0.0131. The van der Waals surface area contributed by atoms with Gasteiger partial charge in [0.25, 0.3) is 0 Å². The molecule has 1 N–H and O–H groups in total. The van der Waals surface area contributed by atoms with Crippen LogP contribution in [0.3, 0.4) is 0 Å². The molecule has 1 aromatic carbocycles. The molecule has 0 saturated carbocycles. The summed E-state index contributed by atoms with van der Waals surface area (Å²) in [4.78, 5) is 24.6. The number of Topliss-reactive ketones (excluding diaryl/α,β-unsaturated/α-hetero) is 1. The van der Waals surface area contributed by atoms with Gasteiger partial charge in [0.05, 0.1) is 19.3 Å². The predicted molar refractivity (Wildman–Crippen MR) is 174 cm³/mol. The number of ketones is 1. The van der Waals surface area contributed by atoms with Crippen molar-refractivity contribution < 1.29 is 28.0 Å². The Kier molecular flexibility index (Phi) is 22.3. The Hall–Kier alpha value is -1.24. The van der Waals surface area contributed by atoms with Gasteiger partial charge in [-0.3, -0.25) is 13.8 Å². The van der Waals surface area contributed by atoms with Gasteiger partial charge in [-0.2, -0.15) is 0 Å². The summed E-state index contributed by atoms with van der Waals surface area (Å²) >= 11 is 0. The maximum absolute atomic E-state index is 12.6. The first-order valence-corrected chi connectivity index (χ1v) is 18.2. The normalized spacial score (nSPS) is 14.5. The lowest BCUT2D eigenvalue weighted by Crippen LogP contribution is -2.22. The number of benzene rings is 1. The third-order valence-corrected chi connectivity index (χ3v) is 8.77. The number of rotatable bonds is 28. The number of hydrogen-bond donors (Lipinski definition) is 1. The third-order valence-electron chi connectivity index (χ3n) is 7.73. The summed E-state index contributed by atoms with van der Waals surface area (Å²) in [5.41, 5.74) is 1.04. The van der Waals surface area contributed by atoms with Gasteiger partial charge in [-0.05, 0) is 63.4 Å². The molecule has 3 unspecified atom stereocenters. The van der Waals surface area contributed by atoms with Gasteiger partial charge >= 0.3 is 7.82 Å². The Balaban J connectivity index is 2.39. The summed E-state index contributed by atoms with van der Waals surface area (Å²) in [6.07, 6.45) is 18.1. The molecule has 244 valence electrons. The highest BCUT2D eigenvalue weighted by Gasteiger charge is 2.28. The number of carbonyl (C=O) groups excluding carboxylic acids is 1. The lowest BCUT2D eigenvalue weighted by Gasteiger charge is -2.23. The molecule has 0 spiro atoms. The van der Waals surface area contributed by atoms with Gasteiger partial charge in [0, 0.05) is 19.4 Å². The highest BCUT2D eigenvalue weighted by molar-refractivity contribution is 7.47. The van der Waals surface area contributed by atoms with Gasteiger partial charge < -0.3 is 14.5 Å². The molecule has 0 aliphatic heterocycles. The number of carbonyl (C=O) groups is 1. The van der Waals surface area contributed by atoms with E-state index in [2.05, 4.69) is 6.92 Å². The highest BCUT2D eigenvalue weighted by Crippen LogP contribution is 2.46. The van der Waals surface area contributed by atoms with E-state index in [1.165, 1.54) is 70.6 Å². The molecule has 0 aliphatic rings. The van der Waals surface area contributed by atoms with Crippen LogP contribution in [0, 0.1) is 5.92 Å². The number of phosphoric acid groups is 1. The molecule has 1 aromatic rings. The van der Waals surface area contributed by atoms with E-state index in [9.17, 15) is 14.3 Å². The third kappa shape index (κ3) is 20.6. The summed E-state index contributed by atoms with van der Waals surface area (Å²) in [5, 5.41) is 0. The Morgan fingerprint density at radius 2 is 1.45 bits per heavy atom. The first kappa shape index (κ1) is 38.8. The lowest BCUT2D eigenvalue weighted by atomic mass is 9.94. The van der Waals surface area contributed by atoms with E-state index in [1.807, 2.05) is 57.1 Å². The van der Waals surface area contributed by atoms with Crippen LogP contribution in [-0.4, -0.2) is 55.5 Å². The Bertz CT molecular complexity index is 847. The molecule has 42 heavy (non-hydrogen) atoms. The van der Waals surface area contributed by atoms with Crippen molar-refractivity contribution in [1.82, 2.24) is 4.90 Å². The fraction of sp³-hybridized carbons (Fsp3) is 0.794. The molecule has 8 heteroatoms. The Morgan fingerprint density at radius 3 is 1.98 bits per heavy atom. The van der Waals surface area contributed by atoms with Crippen molar-refractivity contribution in [3.8, 4) is 5.75 Å². The highest BCUT2D eigenvalue weighted by atomic mass is 31.2. The van der Waals surface area contributed by atoms with E-state index in [0.29, 0.717) is 32.1 Å². The molecule has 0 fully saturated rings. The van der Waals surface area contributed by atoms with Crippen molar-refractivity contribution in [1.29, 1.82) is 0 Å². The minimum Gasteiger partial charge on any atom is -0.494 e. The fourth-order valence-corrected chi connectivity index (χ4v) is 6.09. The van der Waals surface area contributed by atoms with Crippen LogP contribution < -0.4 is 4.74 Å². The number of ether oxygens (including phenoxy) is 1. The maximum atomic E-state index is 12.6. The Labute approximate surface area is 257 Å². The Morgan fingerprint density at radius 1 is 0.881 bits per heavy atom. The number of phosphoric ester groups is 1. The van der Waals surface area contributed by atoms with E-state index in [1.54, 1.807) is 0 Å². The molecule has 0 aliphatic carbocycles. The van der Waals surface area contributed by atoms with Crippen molar-refractivity contribution >= 4 is 13.6 Å². The number of unbranched alkanes of at least 4 members (excludes halogenated alkanes) is 11.